The third kappa shape index (κ3) is 2.23. The van der Waals surface area contributed by atoms with E-state index < -0.39 is 0 Å². The van der Waals surface area contributed by atoms with Gasteiger partial charge in [-0.05, 0) is 24.3 Å². The molecule has 0 aromatic carbocycles. The van der Waals surface area contributed by atoms with Gasteiger partial charge in [-0.1, -0.05) is 0 Å². The predicted molar refractivity (Wildman–Crippen MR) is 65.6 cm³/mol. The van der Waals surface area contributed by atoms with Gasteiger partial charge in [0.1, 0.15) is 0 Å². The molecule has 2 N–H and O–H groups in total. The van der Waals surface area contributed by atoms with Crippen molar-refractivity contribution in [2.75, 3.05) is 17.7 Å². The van der Waals surface area contributed by atoms with E-state index in [1.54, 1.807) is 49.9 Å². The van der Waals surface area contributed by atoms with E-state index in [2.05, 4.69) is 9.97 Å². The predicted octanol–water partition coefficient (Wildman–Crippen LogP) is 1.34. The van der Waals surface area contributed by atoms with E-state index in [0.717, 1.165) is 5.69 Å². The topological polar surface area (TPSA) is 72.1 Å². The molecule has 0 atom stereocenters. The molecule has 5 heteroatoms. The van der Waals surface area contributed by atoms with Crippen molar-refractivity contribution in [3.05, 3.63) is 48.5 Å². The zero-order valence-corrected chi connectivity index (χ0v) is 9.37. The molecule has 0 spiro atoms. The summed E-state index contributed by atoms with van der Waals surface area (Å²) in [7, 11) is 1.67. The fraction of sp³-hybridized carbons (Fsp3) is 0.0833. The Morgan fingerprint density at radius 2 is 1.94 bits per heavy atom. The first-order valence-electron chi connectivity index (χ1n) is 5.08. The summed E-state index contributed by atoms with van der Waals surface area (Å²) in [5, 5.41) is 0. The van der Waals surface area contributed by atoms with Gasteiger partial charge in [0, 0.05) is 31.3 Å². The molecular formula is C12H12N4O. The van der Waals surface area contributed by atoms with Crippen LogP contribution < -0.4 is 10.6 Å². The van der Waals surface area contributed by atoms with Crippen LogP contribution in [-0.2, 0) is 0 Å². The minimum atomic E-state index is -0.241. The second-order valence-electron chi connectivity index (χ2n) is 3.51. The van der Waals surface area contributed by atoms with E-state index in [1.807, 2.05) is 0 Å². The molecule has 17 heavy (non-hydrogen) atoms. The lowest BCUT2D eigenvalue weighted by Crippen LogP contribution is -2.27. The van der Waals surface area contributed by atoms with E-state index in [-0.39, 0.29) is 11.6 Å². The summed E-state index contributed by atoms with van der Waals surface area (Å²) in [5.41, 5.74) is 7.09. The number of hydrogen-bond acceptors (Lipinski definition) is 4. The number of nitrogen functional groups attached to an aromatic ring is 1. The van der Waals surface area contributed by atoms with Crippen LogP contribution in [-0.4, -0.2) is 22.9 Å². The number of hydrogen-bond donors (Lipinski definition) is 1. The summed E-state index contributed by atoms with van der Waals surface area (Å²) in [4.78, 5) is 21.5. The molecule has 0 saturated heterocycles. The smallest absolute Gasteiger partial charge is 0.278 e. The Kier molecular flexibility index (Phi) is 3.00. The summed E-state index contributed by atoms with van der Waals surface area (Å²) in [6, 6.07) is 6.84. The van der Waals surface area contributed by atoms with Crippen LogP contribution in [0.3, 0.4) is 0 Å². The number of pyridine rings is 2. The molecule has 5 nitrogen and oxygen atoms in total. The molecule has 0 aliphatic rings. The Morgan fingerprint density at radius 1 is 1.24 bits per heavy atom. The Hall–Kier alpha value is -2.43. The summed E-state index contributed by atoms with van der Waals surface area (Å²) < 4.78 is 0. The number of rotatable bonds is 2. The van der Waals surface area contributed by atoms with Crippen LogP contribution in [0.4, 0.5) is 11.4 Å². The van der Waals surface area contributed by atoms with Crippen LogP contribution in [0.1, 0.15) is 10.5 Å². The van der Waals surface area contributed by atoms with Crippen molar-refractivity contribution in [3.63, 3.8) is 0 Å². The number of nitrogens with zero attached hydrogens (tertiary/aromatic N) is 3. The van der Waals surface area contributed by atoms with Crippen LogP contribution >= 0.6 is 0 Å². The third-order valence-corrected chi connectivity index (χ3v) is 2.40. The van der Waals surface area contributed by atoms with Crippen molar-refractivity contribution >= 4 is 17.3 Å². The van der Waals surface area contributed by atoms with Crippen molar-refractivity contribution in [1.82, 2.24) is 9.97 Å². The molecule has 86 valence electrons. The molecule has 0 unspecified atom stereocenters. The highest BCUT2D eigenvalue weighted by molar-refractivity contribution is 6.07. The molecule has 2 aromatic rings. The van der Waals surface area contributed by atoms with Crippen LogP contribution in [0.5, 0.6) is 0 Å². The summed E-state index contributed by atoms with van der Waals surface area (Å²) in [6.45, 7) is 0. The summed E-state index contributed by atoms with van der Waals surface area (Å²) in [6.07, 6.45) is 4.80. The number of carbonyl (C=O) groups excluding carboxylic acids is 1. The van der Waals surface area contributed by atoms with Crippen molar-refractivity contribution in [2.45, 2.75) is 0 Å². The second-order valence-corrected chi connectivity index (χ2v) is 3.51. The van der Waals surface area contributed by atoms with Gasteiger partial charge in [0.25, 0.3) is 5.91 Å². The van der Waals surface area contributed by atoms with Crippen LogP contribution in [0.2, 0.25) is 0 Å². The van der Waals surface area contributed by atoms with E-state index in [0.29, 0.717) is 5.69 Å². The standard InChI is InChI=1S/C12H12N4O/c1-16(9-4-7-14-8-5-9)12(17)11-10(13)3-2-6-15-11/h2-8H,13H2,1H3. The van der Waals surface area contributed by atoms with Gasteiger partial charge in [-0.2, -0.15) is 0 Å². The van der Waals surface area contributed by atoms with Crippen molar-refractivity contribution in [1.29, 1.82) is 0 Å². The maximum absolute atomic E-state index is 12.1. The highest BCUT2D eigenvalue weighted by Gasteiger charge is 2.16. The van der Waals surface area contributed by atoms with Crippen LogP contribution in [0.15, 0.2) is 42.9 Å². The third-order valence-electron chi connectivity index (χ3n) is 2.40. The van der Waals surface area contributed by atoms with Gasteiger partial charge in [0.05, 0.1) is 5.69 Å². The van der Waals surface area contributed by atoms with Gasteiger partial charge < -0.3 is 10.6 Å². The van der Waals surface area contributed by atoms with Crippen molar-refractivity contribution in [2.24, 2.45) is 0 Å². The quantitative estimate of drug-likeness (QED) is 0.841. The number of anilines is 2. The van der Waals surface area contributed by atoms with Crippen molar-refractivity contribution < 1.29 is 4.79 Å². The minimum absolute atomic E-state index is 0.241. The zero-order valence-electron chi connectivity index (χ0n) is 9.37. The monoisotopic (exact) mass is 228 g/mol. The van der Waals surface area contributed by atoms with E-state index >= 15 is 0 Å². The average molecular weight is 228 g/mol. The summed E-state index contributed by atoms with van der Waals surface area (Å²) >= 11 is 0. The lowest BCUT2D eigenvalue weighted by atomic mass is 10.2. The first-order valence-corrected chi connectivity index (χ1v) is 5.08. The Labute approximate surface area is 98.9 Å². The molecule has 0 radical (unpaired) electrons. The van der Waals surface area contributed by atoms with Crippen LogP contribution in [0, 0.1) is 0 Å². The Bertz CT molecular complexity index is 527. The molecule has 0 aliphatic carbocycles. The molecule has 1 amide bonds. The Morgan fingerprint density at radius 3 is 2.59 bits per heavy atom. The maximum atomic E-state index is 12.1. The molecule has 0 fully saturated rings. The number of aromatic nitrogens is 2. The molecule has 0 bridgehead atoms. The first kappa shape index (κ1) is 11.1. The summed E-state index contributed by atoms with van der Waals surface area (Å²) in [5.74, 6) is -0.241. The zero-order chi connectivity index (χ0) is 12.3. The fourth-order valence-electron chi connectivity index (χ4n) is 1.44. The molecule has 2 rings (SSSR count). The largest absolute Gasteiger partial charge is 0.397 e. The minimum Gasteiger partial charge on any atom is -0.397 e. The normalized spacial score (nSPS) is 9.94. The second kappa shape index (κ2) is 4.61. The van der Waals surface area contributed by atoms with E-state index in [1.165, 1.54) is 4.90 Å². The van der Waals surface area contributed by atoms with Gasteiger partial charge in [-0.25, -0.2) is 4.98 Å². The number of nitrogens with two attached hydrogens (primary N) is 1. The number of amides is 1. The fourth-order valence-corrected chi connectivity index (χ4v) is 1.44. The van der Waals surface area contributed by atoms with Gasteiger partial charge in [-0.15, -0.1) is 0 Å². The highest BCUT2D eigenvalue weighted by atomic mass is 16.2. The molecule has 0 saturated carbocycles. The van der Waals surface area contributed by atoms with Gasteiger partial charge in [0.15, 0.2) is 5.69 Å². The molecule has 0 aliphatic heterocycles. The molecule has 2 heterocycles. The lowest BCUT2D eigenvalue weighted by Gasteiger charge is -2.17. The average Bonchev–Trinajstić information content (AvgIpc) is 2.39. The SMILES string of the molecule is CN(C(=O)c1ncccc1N)c1ccncc1. The number of carbonyl (C=O) groups is 1. The van der Waals surface area contributed by atoms with Crippen molar-refractivity contribution in [3.8, 4) is 0 Å². The molecular weight excluding hydrogens is 216 g/mol. The molecule has 2 aromatic heterocycles. The van der Waals surface area contributed by atoms with Gasteiger partial charge >= 0.3 is 0 Å². The maximum Gasteiger partial charge on any atom is 0.278 e. The van der Waals surface area contributed by atoms with Crippen LogP contribution in [0.25, 0.3) is 0 Å². The highest BCUT2D eigenvalue weighted by Crippen LogP contribution is 2.15. The van der Waals surface area contributed by atoms with E-state index in [9.17, 15) is 4.79 Å². The Balaban J connectivity index is 2.30. The van der Waals surface area contributed by atoms with E-state index in [4.69, 9.17) is 5.73 Å². The van der Waals surface area contributed by atoms with Gasteiger partial charge in [-0.3, -0.25) is 9.78 Å². The lowest BCUT2D eigenvalue weighted by molar-refractivity contribution is 0.0989. The van der Waals surface area contributed by atoms with Gasteiger partial charge in [0.2, 0.25) is 0 Å². The first-order chi connectivity index (χ1) is 8.20.